The highest BCUT2D eigenvalue weighted by atomic mass is 35.5. The lowest BCUT2D eigenvalue weighted by Crippen LogP contribution is -2.21. The molecule has 1 aromatic heterocycles. The first-order chi connectivity index (χ1) is 6.63. The molecule has 0 unspecified atom stereocenters. The Bertz CT molecular complexity index is 339. The first-order valence-corrected chi connectivity index (χ1v) is 4.99. The zero-order chi connectivity index (χ0) is 10.6. The predicted molar refractivity (Wildman–Crippen MR) is 53.5 cm³/mol. The lowest BCUT2D eigenvalue weighted by Gasteiger charge is -2.10. The first kappa shape index (κ1) is 11.0. The van der Waals surface area contributed by atoms with E-state index < -0.39 is 12.0 Å². The van der Waals surface area contributed by atoms with Gasteiger partial charge >= 0.3 is 5.97 Å². The fourth-order valence-corrected chi connectivity index (χ4v) is 2.14. The molecule has 6 heteroatoms. The number of aliphatic carboxylic acids is 1. The fraction of sp³-hybridized carbons (Fsp3) is 0.250. The van der Waals surface area contributed by atoms with Crippen LogP contribution in [0.25, 0.3) is 0 Å². The van der Waals surface area contributed by atoms with Crippen molar-refractivity contribution in [2.45, 2.75) is 12.5 Å². The van der Waals surface area contributed by atoms with Crippen molar-refractivity contribution in [2.24, 2.45) is 0 Å². The average molecular weight is 234 g/mol. The summed E-state index contributed by atoms with van der Waals surface area (Å²) < 4.78 is 0.572. The molecule has 76 valence electrons. The second kappa shape index (κ2) is 4.97. The van der Waals surface area contributed by atoms with E-state index in [1.807, 2.05) is 0 Å². The molecule has 0 saturated heterocycles. The van der Waals surface area contributed by atoms with Gasteiger partial charge in [-0.3, -0.25) is 9.59 Å². The molecule has 1 rings (SSSR count). The minimum absolute atomic E-state index is 0.143. The van der Waals surface area contributed by atoms with Crippen molar-refractivity contribution in [3.63, 3.8) is 0 Å². The summed E-state index contributed by atoms with van der Waals surface area (Å²) in [7, 11) is 0. The summed E-state index contributed by atoms with van der Waals surface area (Å²) >= 11 is 6.95. The molecule has 14 heavy (non-hydrogen) atoms. The Labute approximate surface area is 89.5 Å². The molecule has 0 fully saturated rings. The van der Waals surface area contributed by atoms with Gasteiger partial charge in [-0.15, -0.1) is 11.3 Å². The molecule has 1 atom stereocenters. The molecule has 0 aliphatic heterocycles. The van der Waals surface area contributed by atoms with Crippen LogP contribution in [-0.4, -0.2) is 17.5 Å². The summed E-state index contributed by atoms with van der Waals surface area (Å²) in [6.45, 7) is 0. The molecule has 0 radical (unpaired) electrons. The second-order valence-corrected chi connectivity index (χ2v) is 4.32. The molecule has 4 nitrogen and oxygen atoms in total. The van der Waals surface area contributed by atoms with E-state index in [0.717, 1.165) is 4.88 Å². The monoisotopic (exact) mass is 233 g/mol. The van der Waals surface area contributed by atoms with Crippen LogP contribution in [0.2, 0.25) is 4.34 Å². The second-order valence-electron chi connectivity index (χ2n) is 2.58. The van der Waals surface area contributed by atoms with E-state index in [2.05, 4.69) is 5.32 Å². The maximum atomic E-state index is 10.5. The van der Waals surface area contributed by atoms with Gasteiger partial charge in [0.2, 0.25) is 6.41 Å². The number of carbonyl (C=O) groups excluding carboxylic acids is 1. The van der Waals surface area contributed by atoms with Gasteiger partial charge in [0.05, 0.1) is 16.8 Å². The third-order valence-corrected chi connectivity index (χ3v) is 2.93. The molecular formula is C8H8ClNO3S. The Morgan fingerprint density at radius 3 is 2.86 bits per heavy atom. The number of carbonyl (C=O) groups is 2. The van der Waals surface area contributed by atoms with Crippen LogP contribution in [0, 0.1) is 0 Å². The van der Waals surface area contributed by atoms with E-state index in [1.54, 1.807) is 12.1 Å². The number of hydrogen-bond acceptors (Lipinski definition) is 3. The smallest absolute Gasteiger partial charge is 0.305 e. The van der Waals surface area contributed by atoms with Gasteiger partial charge in [-0.05, 0) is 12.1 Å². The summed E-state index contributed by atoms with van der Waals surface area (Å²) in [5, 5.41) is 11.0. The third-order valence-electron chi connectivity index (χ3n) is 1.59. The number of thiophene rings is 1. The van der Waals surface area contributed by atoms with Crippen molar-refractivity contribution in [2.75, 3.05) is 0 Å². The highest BCUT2D eigenvalue weighted by molar-refractivity contribution is 7.16. The van der Waals surface area contributed by atoms with E-state index >= 15 is 0 Å². The maximum Gasteiger partial charge on any atom is 0.305 e. The molecule has 0 spiro atoms. The van der Waals surface area contributed by atoms with Crippen LogP contribution in [0.5, 0.6) is 0 Å². The quantitative estimate of drug-likeness (QED) is 0.761. The van der Waals surface area contributed by atoms with E-state index in [0.29, 0.717) is 10.7 Å². The van der Waals surface area contributed by atoms with Crippen molar-refractivity contribution in [1.29, 1.82) is 0 Å². The molecule has 1 amide bonds. The number of halogens is 1. The average Bonchev–Trinajstić information content (AvgIpc) is 2.50. The zero-order valence-electron chi connectivity index (χ0n) is 7.07. The Hall–Kier alpha value is -1.07. The maximum absolute atomic E-state index is 10.5. The van der Waals surface area contributed by atoms with Crippen molar-refractivity contribution in [3.05, 3.63) is 21.3 Å². The highest BCUT2D eigenvalue weighted by Crippen LogP contribution is 2.28. The molecule has 0 bridgehead atoms. The molecule has 0 aromatic carbocycles. The fourth-order valence-electron chi connectivity index (χ4n) is 1.01. The van der Waals surface area contributed by atoms with E-state index in [1.165, 1.54) is 11.3 Å². The standard InChI is InChI=1S/C8H8ClNO3S/c9-7-2-1-6(14-7)5(10-4-11)3-8(12)13/h1-2,4-5H,3H2,(H,10,11)(H,12,13)/t5-/m0/s1. The van der Waals surface area contributed by atoms with Crippen LogP contribution in [0.15, 0.2) is 12.1 Å². The number of amides is 1. The third kappa shape index (κ3) is 3.01. The van der Waals surface area contributed by atoms with Gasteiger partial charge in [0.1, 0.15) is 0 Å². The normalized spacial score (nSPS) is 12.1. The van der Waals surface area contributed by atoms with Crippen molar-refractivity contribution < 1.29 is 14.7 Å². The van der Waals surface area contributed by atoms with E-state index in [9.17, 15) is 9.59 Å². The van der Waals surface area contributed by atoms with Crippen molar-refractivity contribution in [1.82, 2.24) is 5.32 Å². The molecule has 1 heterocycles. The van der Waals surface area contributed by atoms with Crippen LogP contribution in [-0.2, 0) is 9.59 Å². The number of hydrogen-bond donors (Lipinski definition) is 2. The largest absolute Gasteiger partial charge is 0.481 e. The zero-order valence-corrected chi connectivity index (χ0v) is 8.64. The lowest BCUT2D eigenvalue weighted by molar-refractivity contribution is -0.137. The van der Waals surface area contributed by atoms with Crippen LogP contribution < -0.4 is 5.32 Å². The van der Waals surface area contributed by atoms with Crippen LogP contribution in [0.3, 0.4) is 0 Å². The summed E-state index contributed by atoms with van der Waals surface area (Å²) in [6.07, 6.45) is 0.344. The van der Waals surface area contributed by atoms with Crippen molar-refractivity contribution >= 4 is 35.3 Å². The number of nitrogens with one attached hydrogen (secondary N) is 1. The van der Waals surface area contributed by atoms with Gasteiger partial charge in [0, 0.05) is 4.88 Å². The lowest BCUT2D eigenvalue weighted by atomic mass is 10.2. The van der Waals surface area contributed by atoms with Gasteiger partial charge in [-0.2, -0.15) is 0 Å². The molecule has 0 saturated carbocycles. The summed E-state index contributed by atoms with van der Waals surface area (Å²) in [5.74, 6) is -0.964. The molecule has 0 aliphatic carbocycles. The first-order valence-electron chi connectivity index (χ1n) is 3.80. The van der Waals surface area contributed by atoms with E-state index in [-0.39, 0.29) is 6.42 Å². The van der Waals surface area contributed by atoms with Gasteiger partial charge in [-0.25, -0.2) is 0 Å². The predicted octanol–water partition coefficient (Wildman–Crippen LogP) is 1.66. The highest BCUT2D eigenvalue weighted by Gasteiger charge is 2.16. The Balaban J connectivity index is 2.76. The van der Waals surface area contributed by atoms with Crippen LogP contribution in [0.4, 0.5) is 0 Å². The number of carboxylic acids is 1. The molecule has 0 aliphatic rings. The molecular weight excluding hydrogens is 226 g/mol. The van der Waals surface area contributed by atoms with Gasteiger partial charge in [0.25, 0.3) is 0 Å². The topological polar surface area (TPSA) is 66.4 Å². The SMILES string of the molecule is O=CN[C@@H](CC(=O)O)c1ccc(Cl)s1. The Morgan fingerprint density at radius 2 is 2.43 bits per heavy atom. The summed E-state index contributed by atoms with van der Waals surface area (Å²) in [5.41, 5.74) is 0. The summed E-state index contributed by atoms with van der Waals surface area (Å²) in [4.78, 5) is 21.5. The molecule has 1 aromatic rings. The van der Waals surface area contributed by atoms with Crippen molar-refractivity contribution in [3.8, 4) is 0 Å². The Kier molecular flexibility index (Phi) is 3.91. The molecule has 2 N–H and O–H groups in total. The summed E-state index contributed by atoms with van der Waals surface area (Å²) in [6, 6.07) is 2.88. The minimum atomic E-state index is -0.964. The van der Waals surface area contributed by atoms with Gasteiger partial charge in [0.15, 0.2) is 0 Å². The van der Waals surface area contributed by atoms with Crippen LogP contribution >= 0.6 is 22.9 Å². The van der Waals surface area contributed by atoms with Gasteiger partial charge in [-0.1, -0.05) is 11.6 Å². The number of rotatable bonds is 5. The van der Waals surface area contributed by atoms with Gasteiger partial charge < -0.3 is 10.4 Å². The Morgan fingerprint density at radius 1 is 1.71 bits per heavy atom. The van der Waals surface area contributed by atoms with Crippen LogP contribution in [0.1, 0.15) is 17.3 Å². The minimum Gasteiger partial charge on any atom is -0.481 e. The number of carboxylic acid groups (broad SMARTS) is 1. The van der Waals surface area contributed by atoms with E-state index in [4.69, 9.17) is 16.7 Å².